The summed E-state index contributed by atoms with van der Waals surface area (Å²) in [5, 5.41) is 15.6. The van der Waals surface area contributed by atoms with Gasteiger partial charge in [0.25, 0.3) is 0 Å². The van der Waals surface area contributed by atoms with Crippen LogP contribution < -0.4 is 15.0 Å². The fraction of sp³-hybridized carbons (Fsp3) is 0.457. The maximum Gasteiger partial charge on any atom is 0.319 e. The molecule has 2 aromatic carbocycles. The number of terminal acetylenes is 1. The molecule has 0 saturated carbocycles. The number of aromatic nitrogens is 3. The van der Waals surface area contributed by atoms with Gasteiger partial charge in [0.05, 0.1) is 16.5 Å². The summed E-state index contributed by atoms with van der Waals surface area (Å²) in [6, 6.07) is 6.04. The summed E-state index contributed by atoms with van der Waals surface area (Å²) in [5.41, 5.74) is 0.0973. The van der Waals surface area contributed by atoms with E-state index in [4.69, 9.17) is 16.1 Å². The average molecular weight is 611 g/mol. The van der Waals surface area contributed by atoms with Crippen LogP contribution in [0.1, 0.15) is 57.4 Å². The number of hydrogen-bond donors (Lipinski definition) is 2. The highest BCUT2D eigenvalue weighted by Gasteiger charge is 2.46. The highest BCUT2D eigenvalue weighted by molar-refractivity contribution is 6.03. The predicted molar refractivity (Wildman–Crippen MR) is 169 cm³/mol. The number of benzene rings is 2. The molecule has 232 valence electrons. The monoisotopic (exact) mass is 610 g/mol. The number of nitrogens with zero attached hydrogens (tertiary/aromatic N) is 5. The van der Waals surface area contributed by atoms with E-state index in [1.54, 1.807) is 6.20 Å². The molecular weight excluding hydrogens is 574 g/mol. The third kappa shape index (κ3) is 4.50. The van der Waals surface area contributed by atoms with Crippen LogP contribution in [0.15, 0.2) is 30.5 Å². The second-order valence-corrected chi connectivity index (χ2v) is 13.3. The van der Waals surface area contributed by atoms with Gasteiger partial charge in [-0.05, 0) is 81.6 Å². The van der Waals surface area contributed by atoms with E-state index >= 15 is 4.39 Å². The van der Waals surface area contributed by atoms with E-state index < -0.39 is 11.6 Å². The van der Waals surface area contributed by atoms with Crippen molar-refractivity contribution in [2.24, 2.45) is 0 Å². The van der Waals surface area contributed by atoms with Crippen molar-refractivity contribution in [3.8, 4) is 35.4 Å². The van der Waals surface area contributed by atoms with Gasteiger partial charge < -0.3 is 20.1 Å². The molecule has 2 N–H and O–H groups in total. The van der Waals surface area contributed by atoms with Crippen LogP contribution in [0.2, 0.25) is 0 Å². The number of halogens is 2. The normalized spacial score (nSPS) is 24.0. The fourth-order valence-electron chi connectivity index (χ4n) is 8.47. The summed E-state index contributed by atoms with van der Waals surface area (Å²) in [6.07, 6.45) is 14.8. The van der Waals surface area contributed by atoms with Gasteiger partial charge in [-0.3, -0.25) is 9.88 Å². The zero-order valence-corrected chi connectivity index (χ0v) is 25.4. The number of rotatable bonds is 6. The molecule has 6 heterocycles. The van der Waals surface area contributed by atoms with Gasteiger partial charge in [-0.1, -0.05) is 18.9 Å². The second-order valence-electron chi connectivity index (χ2n) is 13.3. The van der Waals surface area contributed by atoms with Gasteiger partial charge in [0, 0.05) is 41.8 Å². The molecule has 4 aromatic rings. The Labute approximate surface area is 260 Å². The van der Waals surface area contributed by atoms with Gasteiger partial charge in [0.15, 0.2) is 5.82 Å². The van der Waals surface area contributed by atoms with E-state index in [0.717, 1.165) is 71.1 Å². The summed E-state index contributed by atoms with van der Waals surface area (Å²) in [5.74, 6) is 1.58. The minimum atomic E-state index is -0.704. The van der Waals surface area contributed by atoms with Crippen molar-refractivity contribution in [2.75, 3.05) is 37.7 Å². The lowest BCUT2D eigenvalue weighted by atomic mass is 9.93. The first-order valence-corrected chi connectivity index (χ1v) is 16.0. The van der Waals surface area contributed by atoms with Gasteiger partial charge in [0.1, 0.15) is 35.2 Å². The van der Waals surface area contributed by atoms with Crippen LogP contribution in [0.3, 0.4) is 0 Å². The zero-order valence-electron chi connectivity index (χ0n) is 25.4. The second kappa shape index (κ2) is 10.5. The molecule has 0 spiro atoms. The Morgan fingerprint density at radius 3 is 2.76 bits per heavy atom. The summed E-state index contributed by atoms with van der Waals surface area (Å²) in [6.45, 7) is 6.24. The Kier molecular flexibility index (Phi) is 6.63. The highest BCUT2D eigenvalue weighted by Crippen LogP contribution is 2.42. The minimum Gasteiger partial charge on any atom is -0.508 e. The first-order valence-electron chi connectivity index (χ1n) is 16.0. The number of pyridine rings is 1. The number of phenolic OH excluding ortho intramolecular Hbond substituents is 1. The standard InChI is InChI=1S/C35H36F2N6O2/c1-3-24-27(36)8-7-21-15-23(44)16-25(28(21)24)30-29(37)31-26(17-38-30)32(42-18-22-9-12-34(4-2,19-42)41-22)40-33(39-31)45-20-35-10-5-13-43(35)14-6-11-35/h1,7-8,15-17,22,41,44H,4-6,9-14,18-20H2,2H3/t22?,34-/m0/s1. The van der Waals surface area contributed by atoms with E-state index in [1.165, 1.54) is 24.3 Å². The molecule has 2 bridgehead atoms. The molecule has 0 radical (unpaired) electrons. The number of piperazine rings is 1. The van der Waals surface area contributed by atoms with Crippen molar-refractivity contribution in [1.82, 2.24) is 25.2 Å². The van der Waals surface area contributed by atoms with E-state index in [0.29, 0.717) is 34.6 Å². The lowest BCUT2D eigenvalue weighted by molar-refractivity contribution is 0.108. The molecule has 0 amide bonds. The molecule has 2 atom stereocenters. The van der Waals surface area contributed by atoms with Crippen LogP contribution in [0.25, 0.3) is 32.9 Å². The van der Waals surface area contributed by atoms with Crippen molar-refractivity contribution in [3.05, 3.63) is 47.7 Å². The lowest BCUT2D eigenvalue weighted by Gasteiger charge is -2.42. The quantitative estimate of drug-likeness (QED) is 0.276. The Bertz CT molecular complexity index is 1880. The number of anilines is 1. The topological polar surface area (TPSA) is 86.6 Å². The Balaban J connectivity index is 1.29. The third-order valence-corrected chi connectivity index (χ3v) is 10.8. The van der Waals surface area contributed by atoms with Crippen molar-refractivity contribution in [3.63, 3.8) is 0 Å². The average Bonchev–Trinajstić information content (AvgIpc) is 3.72. The summed E-state index contributed by atoms with van der Waals surface area (Å²) >= 11 is 0. The van der Waals surface area contributed by atoms with Gasteiger partial charge in [-0.15, -0.1) is 6.42 Å². The van der Waals surface area contributed by atoms with Crippen LogP contribution in [0.5, 0.6) is 11.8 Å². The number of phenols is 1. The minimum absolute atomic E-state index is 0.0192. The van der Waals surface area contributed by atoms with Crippen molar-refractivity contribution < 1.29 is 18.6 Å². The Morgan fingerprint density at radius 1 is 1.16 bits per heavy atom. The third-order valence-electron chi connectivity index (χ3n) is 10.8. The summed E-state index contributed by atoms with van der Waals surface area (Å²) < 4.78 is 38.1. The number of hydrogen-bond acceptors (Lipinski definition) is 8. The number of fused-ring (bicyclic) bond motifs is 5. The van der Waals surface area contributed by atoms with Crippen molar-refractivity contribution >= 4 is 27.5 Å². The van der Waals surface area contributed by atoms with E-state index in [9.17, 15) is 9.50 Å². The van der Waals surface area contributed by atoms with Crippen LogP contribution in [0, 0.1) is 24.0 Å². The molecule has 0 aliphatic carbocycles. The number of nitrogens with one attached hydrogen (secondary N) is 1. The molecule has 10 heteroatoms. The molecule has 45 heavy (non-hydrogen) atoms. The number of ether oxygens (including phenoxy) is 1. The largest absolute Gasteiger partial charge is 0.508 e. The molecule has 4 saturated heterocycles. The first kappa shape index (κ1) is 28.4. The van der Waals surface area contributed by atoms with Gasteiger partial charge >= 0.3 is 6.01 Å². The number of aromatic hydroxyl groups is 1. The van der Waals surface area contributed by atoms with Crippen LogP contribution in [-0.4, -0.2) is 74.9 Å². The van der Waals surface area contributed by atoms with Gasteiger partial charge in [-0.2, -0.15) is 9.97 Å². The van der Waals surface area contributed by atoms with Gasteiger partial charge in [-0.25, -0.2) is 8.78 Å². The molecule has 8 nitrogen and oxygen atoms in total. The van der Waals surface area contributed by atoms with E-state index in [1.807, 2.05) is 0 Å². The smallest absolute Gasteiger partial charge is 0.319 e. The zero-order chi connectivity index (χ0) is 30.9. The Hall–Kier alpha value is -4.07. The molecule has 4 fully saturated rings. The van der Waals surface area contributed by atoms with Crippen molar-refractivity contribution in [2.45, 2.75) is 69.0 Å². The molecule has 1 unspecified atom stereocenters. The maximum atomic E-state index is 16.9. The molecule has 4 aliphatic rings. The highest BCUT2D eigenvalue weighted by atomic mass is 19.1. The SMILES string of the molecule is C#Cc1c(F)ccc2cc(O)cc(-c3ncc4c(N5CC6CC[C@@](CC)(C5)N6)nc(OCC56CCCN5CCC6)nc4c3F)c12. The molecule has 8 rings (SSSR count). The van der Waals surface area contributed by atoms with E-state index in [-0.39, 0.29) is 45.2 Å². The lowest BCUT2D eigenvalue weighted by Crippen LogP contribution is -2.59. The van der Waals surface area contributed by atoms with E-state index in [2.05, 4.69) is 37.9 Å². The Morgan fingerprint density at radius 2 is 1.98 bits per heavy atom. The predicted octanol–water partition coefficient (Wildman–Crippen LogP) is 5.54. The summed E-state index contributed by atoms with van der Waals surface area (Å²) in [7, 11) is 0. The molecular formula is C35H36F2N6O2. The van der Waals surface area contributed by atoms with Crippen LogP contribution in [0.4, 0.5) is 14.6 Å². The van der Waals surface area contributed by atoms with Crippen LogP contribution >= 0.6 is 0 Å². The fourth-order valence-corrected chi connectivity index (χ4v) is 8.47. The van der Waals surface area contributed by atoms with Crippen molar-refractivity contribution in [1.29, 1.82) is 0 Å². The molecule has 2 aromatic heterocycles. The summed E-state index contributed by atoms with van der Waals surface area (Å²) in [4.78, 5) is 18.9. The van der Waals surface area contributed by atoms with Gasteiger partial charge in [0.2, 0.25) is 0 Å². The maximum absolute atomic E-state index is 16.9. The molecule has 4 aliphatic heterocycles. The first-order chi connectivity index (χ1) is 21.8. The van der Waals surface area contributed by atoms with Crippen LogP contribution in [-0.2, 0) is 0 Å².